The summed E-state index contributed by atoms with van der Waals surface area (Å²) in [5, 5.41) is 6.57. The highest BCUT2D eigenvalue weighted by molar-refractivity contribution is 7.80. The van der Waals surface area contributed by atoms with Gasteiger partial charge in [0.05, 0.1) is 25.3 Å². The Bertz CT molecular complexity index is 673. The molecule has 0 aliphatic carbocycles. The smallest absolute Gasteiger partial charge is 0.338 e. The highest BCUT2D eigenvalue weighted by atomic mass is 32.1. The van der Waals surface area contributed by atoms with Gasteiger partial charge in [-0.15, -0.1) is 0 Å². The minimum absolute atomic E-state index is 0.195. The summed E-state index contributed by atoms with van der Waals surface area (Å²) in [6.07, 6.45) is 0. The molecule has 0 fully saturated rings. The van der Waals surface area contributed by atoms with Gasteiger partial charge in [-0.25, -0.2) is 4.79 Å². The minimum Gasteiger partial charge on any atom is -0.496 e. The Labute approximate surface area is 147 Å². The summed E-state index contributed by atoms with van der Waals surface area (Å²) in [4.78, 5) is 12.5. The molecule has 1 atom stereocenters. The number of methoxy groups -OCH3 is 2. The number of carbonyl (C=O) groups excluding carboxylic acids is 1. The Morgan fingerprint density at radius 3 is 2.67 bits per heavy atom. The van der Waals surface area contributed by atoms with Gasteiger partial charge in [0.15, 0.2) is 5.11 Å². The van der Waals surface area contributed by atoms with E-state index in [1.807, 2.05) is 25.1 Å². The van der Waals surface area contributed by atoms with Gasteiger partial charge in [0.25, 0.3) is 0 Å². The van der Waals surface area contributed by atoms with Crippen LogP contribution in [0.25, 0.3) is 0 Å². The number of ether oxygens (including phenoxy) is 3. The third-order valence-electron chi connectivity index (χ3n) is 3.78. The van der Waals surface area contributed by atoms with Crippen molar-refractivity contribution < 1.29 is 19.0 Å². The largest absolute Gasteiger partial charge is 0.496 e. The molecule has 1 aliphatic heterocycles. The summed E-state index contributed by atoms with van der Waals surface area (Å²) in [5.74, 6) is 0.347. The molecule has 130 valence electrons. The van der Waals surface area contributed by atoms with Gasteiger partial charge in [-0.3, -0.25) is 0 Å². The zero-order chi connectivity index (χ0) is 17.7. The van der Waals surface area contributed by atoms with E-state index in [0.29, 0.717) is 23.0 Å². The highest BCUT2D eigenvalue weighted by Gasteiger charge is 2.31. The van der Waals surface area contributed by atoms with Crippen LogP contribution in [0, 0.1) is 6.92 Å². The number of rotatable bonds is 6. The predicted octanol–water partition coefficient (Wildman–Crippen LogP) is 1.99. The normalized spacial score (nSPS) is 17.2. The van der Waals surface area contributed by atoms with Gasteiger partial charge < -0.3 is 24.8 Å². The summed E-state index contributed by atoms with van der Waals surface area (Å²) in [5.41, 5.74) is 3.05. The summed E-state index contributed by atoms with van der Waals surface area (Å²) in [6.45, 7) is 4.31. The van der Waals surface area contributed by atoms with Crippen LogP contribution in [0.3, 0.4) is 0 Å². The average molecular weight is 350 g/mol. The predicted molar refractivity (Wildman–Crippen MR) is 94.9 cm³/mol. The lowest BCUT2D eigenvalue weighted by molar-refractivity contribution is -0.140. The van der Waals surface area contributed by atoms with E-state index in [9.17, 15) is 4.79 Å². The Hall–Kier alpha value is -2.12. The minimum atomic E-state index is -0.406. The molecule has 0 saturated carbocycles. The Kier molecular flexibility index (Phi) is 6.16. The van der Waals surface area contributed by atoms with E-state index < -0.39 is 12.0 Å². The topological polar surface area (TPSA) is 68.8 Å². The molecule has 7 heteroatoms. The van der Waals surface area contributed by atoms with Gasteiger partial charge in [0.2, 0.25) is 0 Å². The van der Waals surface area contributed by atoms with E-state index in [1.54, 1.807) is 21.1 Å². The number of thiocarbonyl (C=S) groups is 1. The molecule has 0 radical (unpaired) electrons. The number of hydrogen-bond acceptors (Lipinski definition) is 5. The Morgan fingerprint density at radius 2 is 2.00 bits per heavy atom. The number of hydrogen-bond donors (Lipinski definition) is 2. The summed E-state index contributed by atoms with van der Waals surface area (Å²) in [7, 11) is 3.18. The number of allylic oxidation sites excluding steroid dienone is 1. The van der Waals surface area contributed by atoms with E-state index in [2.05, 4.69) is 10.6 Å². The van der Waals surface area contributed by atoms with Gasteiger partial charge in [0, 0.05) is 12.8 Å². The fraction of sp³-hybridized carbons (Fsp3) is 0.412. The first-order valence-electron chi connectivity index (χ1n) is 7.56. The molecule has 0 bridgehead atoms. The lowest BCUT2D eigenvalue weighted by Gasteiger charge is -2.30. The van der Waals surface area contributed by atoms with Crippen LogP contribution in [0.1, 0.15) is 24.1 Å². The van der Waals surface area contributed by atoms with Crippen molar-refractivity contribution in [2.75, 3.05) is 27.4 Å². The molecule has 1 heterocycles. The molecule has 1 aliphatic rings. The number of nitrogens with one attached hydrogen (secondary N) is 2. The SMILES string of the molecule is COCCOC(=O)C1=C(C)NC(=S)NC1c1ccc(C)c(OC)c1. The molecule has 2 rings (SSSR count). The zero-order valence-corrected chi connectivity index (χ0v) is 15.1. The summed E-state index contributed by atoms with van der Waals surface area (Å²) < 4.78 is 15.6. The molecule has 24 heavy (non-hydrogen) atoms. The Balaban J connectivity index is 2.36. The molecular formula is C17H22N2O4S. The number of aryl methyl sites for hydroxylation is 1. The monoisotopic (exact) mass is 350 g/mol. The van der Waals surface area contributed by atoms with Crippen LogP contribution in [-0.2, 0) is 14.3 Å². The summed E-state index contributed by atoms with van der Waals surface area (Å²) >= 11 is 5.23. The molecule has 1 aromatic rings. The van der Waals surface area contributed by atoms with E-state index >= 15 is 0 Å². The quantitative estimate of drug-likeness (QED) is 0.462. The first-order valence-corrected chi connectivity index (χ1v) is 7.97. The highest BCUT2D eigenvalue weighted by Crippen LogP contribution is 2.31. The zero-order valence-electron chi connectivity index (χ0n) is 14.3. The first kappa shape index (κ1) is 18.2. The number of esters is 1. The molecule has 0 spiro atoms. The third-order valence-corrected chi connectivity index (χ3v) is 4.00. The van der Waals surface area contributed by atoms with Crippen LogP contribution in [0.4, 0.5) is 0 Å². The maximum Gasteiger partial charge on any atom is 0.338 e. The third kappa shape index (κ3) is 4.04. The second kappa shape index (κ2) is 8.12. The standard InChI is InChI=1S/C17H22N2O4S/c1-10-5-6-12(9-13(10)22-4)15-14(11(2)18-17(24)19-15)16(20)23-8-7-21-3/h5-6,9,15H,7-8H2,1-4H3,(H2,18,19,24). The lowest BCUT2D eigenvalue weighted by atomic mass is 9.94. The molecule has 1 aromatic carbocycles. The van der Waals surface area contributed by atoms with Crippen LogP contribution in [-0.4, -0.2) is 38.5 Å². The van der Waals surface area contributed by atoms with Crippen molar-refractivity contribution in [1.29, 1.82) is 0 Å². The van der Waals surface area contributed by atoms with Gasteiger partial charge in [0.1, 0.15) is 12.4 Å². The van der Waals surface area contributed by atoms with Crippen molar-refractivity contribution in [1.82, 2.24) is 10.6 Å². The van der Waals surface area contributed by atoms with Crippen LogP contribution in [0.5, 0.6) is 5.75 Å². The average Bonchev–Trinajstić information content (AvgIpc) is 2.54. The van der Waals surface area contributed by atoms with Gasteiger partial charge in [-0.05, 0) is 43.3 Å². The summed E-state index contributed by atoms with van der Waals surface area (Å²) in [6, 6.07) is 5.39. The fourth-order valence-corrected chi connectivity index (χ4v) is 2.80. The van der Waals surface area contributed by atoms with E-state index in [1.165, 1.54) is 0 Å². The number of benzene rings is 1. The fourth-order valence-electron chi connectivity index (χ4n) is 2.53. The van der Waals surface area contributed by atoms with E-state index in [-0.39, 0.29) is 6.61 Å². The molecule has 6 nitrogen and oxygen atoms in total. The van der Waals surface area contributed by atoms with Crippen molar-refractivity contribution in [2.45, 2.75) is 19.9 Å². The van der Waals surface area contributed by atoms with Gasteiger partial charge in [-0.1, -0.05) is 12.1 Å². The molecule has 0 amide bonds. The molecule has 0 saturated heterocycles. The van der Waals surface area contributed by atoms with E-state index in [0.717, 1.165) is 16.9 Å². The molecular weight excluding hydrogens is 328 g/mol. The Morgan fingerprint density at radius 1 is 1.25 bits per heavy atom. The van der Waals surface area contributed by atoms with Crippen molar-refractivity contribution in [3.63, 3.8) is 0 Å². The van der Waals surface area contributed by atoms with E-state index in [4.69, 9.17) is 26.4 Å². The van der Waals surface area contributed by atoms with Crippen molar-refractivity contribution >= 4 is 23.3 Å². The lowest BCUT2D eigenvalue weighted by Crippen LogP contribution is -2.45. The molecule has 0 aromatic heterocycles. The van der Waals surface area contributed by atoms with Crippen molar-refractivity contribution in [3.05, 3.63) is 40.6 Å². The number of carbonyl (C=O) groups is 1. The molecule has 2 N–H and O–H groups in total. The van der Waals surface area contributed by atoms with Crippen LogP contribution in [0.2, 0.25) is 0 Å². The second-order valence-electron chi connectivity index (χ2n) is 5.43. The van der Waals surface area contributed by atoms with Crippen LogP contribution >= 0.6 is 12.2 Å². The van der Waals surface area contributed by atoms with Gasteiger partial charge >= 0.3 is 5.97 Å². The maximum atomic E-state index is 12.5. The van der Waals surface area contributed by atoms with Crippen molar-refractivity contribution in [3.8, 4) is 5.75 Å². The van der Waals surface area contributed by atoms with Crippen molar-refractivity contribution in [2.24, 2.45) is 0 Å². The molecule has 1 unspecified atom stereocenters. The van der Waals surface area contributed by atoms with Crippen LogP contribution in [0.15, 0.2) is 29.5 Å². The first-order chi connectivity index (χ1) is 11.5. The second-order valence-corrected chi connectivity index (χ2v) is 5.84. The maximum absolute atomic E-state index is 12.5. The van der Waals surface area contributed by atoms with Crippen LogP contribution < -0.4 is 15.4 Å². The van der Waals surface area contributed by atoms with Gasteiger partial charge in [-0.2, -0.15) is 0 Å².